The first-order chi connectivity index (χ1) is 11.8. The summed E-state index contributed by atoms with van der Waals surface area (Å²) in [6, 6.07) is 6.25. The zero-order valence-electron chi connectivity index (χ0n) is 14.3. The Bertz CT molecular complexity index is 626. The molecule has 136 valence electrons. The van der Waals surface area contributed by atoms with Crippen molar-refractivity contribution < 1.29 is 24.3 Å². The highest BCUT2D eigenvalue weighted by Crippen LogP contribution is 2.11. The topological polar surface area (TPSA) is 125 Å². The van der Waals surface area contributed by atoms with Gasteiger partial charge in [0.2, 0.25) is 11.8 Å². The first-order valence-corrected chi connectivity index (χ1v) is 7.99. The van der Waals surface area contributed by atoms with Gasteiger partial charge in [-0.2, -0.15) is 0 Å². The quantitative estimate of drug-likeness (QED) is 0.532. The normalized spacial score (nSPS) is 10.2. The van der Waals surface area contributed by atoms with Crippen molar-refractivity contribution in [3.05, 3.63) is 29.8 Å². The molecule has 0 atom stereocenters. The van der Waals surface area contributed by atoms with E-state index in [4.69, 9.17) is 5.11 Å². The number of carboxylic acid groups (broad SMARTS) is 1. The van der Waals surface area contributed by atoms with Crippen LogP contribution in [0.15, 0.2) is 24.3 Å². The van der Waals surface area contributed by atoms with Crippen LogP contribution in [0.25, 0.3) is 0 Å². The summed E-state index contributed by atoms with van der Waals surface area (Å²) in [5.74, 6) is -1.79. The molecule has 0 saturated heterocycles. The summed E-state index contributed by atoms with van der Waals surface area (Å²) in [6.45, 7) is 3.89. The largest absolute Gasteiger partial charge is 0.481 e. The second kappa shape index (κ2) is 10.1. The number of hydrogen-bond donors (Lipinski definition) is 4. The van der Waals surface area contributed by atoms with Gasteiger partial charge in [-0.25, -0.2) is 0 Å². The van der Waals surface area contributed by atoms with Crippen molar-refractivity contribution >= 4 is 29.4 Å². The predicted molar refractivity (Wildman–Crippen MR) is 91.6 cm³/mol. The zero-order chi connectivity index (χ0) is 18.8. The Morgan fingerprint density at radius 2 is 1.60 bits per heavy atom. The molecule has 4 N–H and O–H groups in total. The Morgan fingerprint density at radius 1 is 0.960 bits per heavy atom. The van der Waals surface area contributed by atoms with Gasteiger partial charge in [-0.3, -0.25) is 30.0 Å². The number of carbonyl (C=O) groups excluding carboxylic acids is 3. The average Bonchev–Trinajstić information content (AvgIpc) is 2.52. The highest BCUT2D eigenvalue weighted by molar-refractivity contribution is 5.96. The third kappa shape index (κ3) is 8.50. The van der Waals surface area contributed by atoms with E-state index in [1.807, 2.05) is 13.8 Å². The van der Waals surface area contributed by atoms with E-state index >= 15 is 0 Å². The van der Waals surface area contributed by atoms with Gasteiger partial charge >= 0.3 is 5.97 Å². The van der Waals surface area contributed by atoms with Crippen LogP contribution in [0.3, 0.4) is 0 Å². The molecule has 0 aromatic heterocycles. The van der Waals surface area contributed by atoms with Crippen molar-refractivity contribution in [3.8, 4) is 0 Å². The number of benzene rings is 1. The molecule has 0 spiro atoms. The van der Waals surface area contributed by atoms with Crippen molar-refractivity contribution in [1.82, 2.24) is 10.9 Å². The van der Waals surface area contributed by atoms with Gasteiger partial charge in [-0.15, -0.1) is 0 Å². The molecule has 0 bridgehead atoms. The summed E-state index contributed by atoms with van der Waals surface area (Å²) >= 11 is 0. The summed E-state index contributed by atoms with van der Waals surface area (Å²) in [5.41, 5.74) is 5.37. The maximum atomic E-state index is 11.9. The minimum absolute atomic E-state index is 0.00734. The molecule has 0 saturated carbocycles. The van der Waals surface area contributed by atoms with Crippen LogP contribution in [0, 0.1) is 5.92 Å². The lowest BCUT2D eigenvalue weighted by atomic mass is 10.1. The van der Waals surface area contributed by atoms with Crippen LogP contribution < -0.4 is 16.2 Å². The number of carbonyl (C=O) groups is 4. The number of hydrogen-bond acceptors (Lipinski definition) is 4. The molecule has 1 rings (SSSR count). The molecule has 0 radical (unpaired) electrons. The number of rotatable bonds is 8. The Balaban J connectivity index is 2.42. The molecule has 25 heavy (non-hydrogen) atoms. The Hall–Kier alpha value is -2.90. The van der Waals surface area contributed by atoms with Crippen LogP contribution in [0.1, 0.15) is 49.9 Å². The van der Waals surface area contributed by atoms with Gasteiger partial charge in [0, 0.05) is 30.5 Å². The molecule has 0 aliphatic rings. The van der Waals surface area contributed by atoms with E-state index in [-0.39, 0.29) is 31.1 Å². The lowest BCUT2D eigenvalue weighted by Crippen LogP contribution is -2.41. The van der Waals surface area contributed by atoms with Crippen LogP contribution in [0.5, 0.6) is 0 Å². The van der Waals surface area contributed by atoms with Gasteiger partial charge in [-0.1, -0.05) is 13.8 Å². The maximum absolute atomic E-state index is 11.9. The standard InChI is InChI=1S/C17H23N3O5/c1-11(2)10-15(22)18-13-8-6-12(7-9-13)17(25)20-19-14(21)4-3-5-16(23)24/h6-9,11H,3-5,10H2,1-2H3,(H,18,22)(H,19,21)(H,20,25)(H,23,24). The van der Waals surface area contributed by atoms with Crippen molar-refractivity contribution in [1.29, 1.82) is 0 Å². The van der Waals surface area contributed by atoms with Gasteiger partial charge in [0.1, 0.15) is 0 Å². The fourth-order valence-corrected chi connectivity index (χ4v) is 1.95. The van der Waals surface area contributed by atoms with Gasteiger partial charge in [0.15, 0.2) is 0 Å². The minimum atomic E-state index is -0.975. The van der Waals surface area contributed by atoms with Gasteiger partial charge in [0.25, 0.3) is 5.91 Å². The molecule has 0 aliphatic heterocycles. The molecule has 1 aromatic rings. The first-order valence-electron chi connectivity index (χ1n) is 7.99. The molecule has 1 aromatic carbocycles. The Morgan fingerprint density at radius 3 is 2.16 bits per heavy atom. The summed E-state index contributed by atoms with van der Waals surface area (Å²) < 4.78 is 0. The lowest BCUT2D eigenvalue weighted by molar-refractivity contribution is -0.137. The first kappa shape index (κ1) is 20.1. The van der Waals surface area contributed by atoms with E-state index in [0.717, 1.165) is 0 Å². The van der Waals surface area contributed by atoms with Crippen LogP contribution in [0.2, 0.25) is 0 Å². The molecule has 3 amide bonds. The van der Waals surface area contributed by atoms with Crippen molar-refractivity contribution in [2.24, 2.45) is 5.92 Å². The Labute approximate surface area is 146 Å². The summed E-state index contributed by atoms with van der Waals surface area (Å²) in [4.78, 5) is 45.4. The smallest absolute Gasteiger partial charge is 0.303 e. The molecule has 8 heteroatoms. The molecule has 0 heterocycles. The lowest BCUT2D eigenvalue weighted by Gasteiger charge is -2.09. The number of anilines is 1. The summed E-state index contributed by atoms with van der Waals surface area (Å²) in [7, 11) is 0. The van der Waals surface area contributed by atoms with Crippen LogP contribution in [0.4, 0.5) is 5.69 Å². The molecular formula is C17H23N3O5. The SMILES string of the molecule is CC(C)CC(=O)Nc1ccc(C(=O)NNC(=O)CCCC(=O)O)cc1. The predicted octanol–water partition coefficient (Wildman–Crippen LogP) is 1.69. The van der Waals surface area contributed by atoms with E-state index < -0.39 is 17.8 Å². The van der Waals surface area contributed by atoms with Crippen LogP contribution >= 0.6 is 0 Å². The number of amides is 3. The summed E-state index contributed by atoms with van der Waals surface area (Å²) in [5, 5.41) is 11.2. The van der Waals surface area contributed by atoms with E-state index in [1.165, 1.54) is 12.1 Å². The third-order valence-corrected chi connectivity index (χ3v) is 3.13. The van der Waals surface area contributed by atoms with Crippen LogP contribution in [-0.4, -0.2) is 28.8 Å². The van der Waals surface area contributed by atoms with Crippen molar-refractivity contribution in [3.63, 3.8) is 0 Å². The van der Waals surface area contributed by atoms with E-state index in [1.54, 1.807) is 12.1 Å². The van der Waals surface area contributed by atoms with E-state index in [9.17, 15) is 19.2 Å². The number of nitrogens with one attached hydrogen (secondary N) is 3. The third-order valence-electron chi connectivity index (χ3n) is 3.13. The van der Waals surface area contributed by atoms with Gasteiger partial charge in [0.05, 0.1) is 0 Å². The van der Waals surface area contributed by atoms with Crippen molar-refractivity contribution in [2.75, 3.05) is 5.32 Å². The second-order valence-electron chi connectivity index (χ2n) is 5.97. The molecular weight excluding hydrogens is 326 g/mol. The minimum Gasteiger partial charge on any atom is -0.481 e. The average molecular weight is 349 g/mol. The molecule has 0 aliphatic carbocycles. The number of aliphatic carboxylic acids is 1. The summed E-state index contributed by atoms with van der Waals surface area (Å²) in [6.07, 6.45) is 0.511. The maximum Gasteiger partial charge on any atom is 0.303 e. The van der Waals surface area contributed by atoms with Gasteiger partial charge in [-0.05, 0) is 36.6 Å². The Kier molecular flexibility index (Phi) is 8.11. The molecule has 0 unspecified atom stereocenters. The van der Waals surface area contributed by atoms with Crippen LogP contribution in [-0.2, 0) is 14.4 Å². The second-order valence-corrected chi connectivity index (χ2v) is 5.97. The van der Waals surface area contributed by atoms with Crippen molar-refractivity contribution in [2.45, 2.75) is 39.5 Å². The number of hydrazine groups is 1. The molecule has 8 nitrogen and oxygen atoms in total. The highest BCUT2D eigenvalue weighted by Gasteiger charge is 2.09. The van der Waals surface area contributed by atoms with E-state index in [2.05, 4.69) is 16.2 Å². The van der Waals surface area contributed by atoms with Gasteiger partial charge < -0.3 is 10.4 Å². The number of carboxylic acids is 1. The fraction of sp³-hybridized carbons (Fsp3) is 0.412. The highest BCUT2D eigenvalue weighted by atomic mass is 16.4. The fourth-order valence-electron chi connectivity index (χ4n) is 1.95. The molecule has 0 fully saturated rings. The zero-order valence-corrected chi connectivity index (χ0v) is 14.3. The van der Waals surface area contributed by atoms with E-state index in [0.29, 0.717) is 17.7 Å². The monoisotopic (exact) mass is 349 g/mol.